The molecule has 0 amide bonds. The van der Waals surface area contributed by atoms with E-state index >= 15 is 0 Å². The zero-order chi connectivity index (χ0) is 11.8. The molecule has 0 spiro atoms. The van der Waals surface area contributed by atoms with Crippen LogP contribution in [0.15, 0.2) is 29.1 Å². The van der Waals surface area contributed by atoms with Crippen molar-refractivity contribution in [3.63, 3.8) is 0 Å². The van der Waals surface area contributed by atoms with Crippen LogP contribution < -0.4 is 5.56 Å². The van der Waals surface area contributed by atoms with E-state index in [1.165, 1.54) is 0 Å². The molecule has 0 radical (unpaired) electrons. The first-order valence-corrected chi connectivity index (χ1v) is 5.73. The summed E-state index contributed by atoms with van der Waals surface area (Å²) in [6.45, 7) is 3.12. The van der Waals surface area contributed by atoms with Crippen LogP contribution in [-0.4, -0.2) is 16.4 Å². The molecular formula is C13H14N2O2. The van der Waals surface area contributed by atoms with Crippen LogP contribution in [0.3, 0.4) is 0 Å². The molecule has 0 bridgehead atoms. The molecule has 0 saturated carbocycles. The van der Waals surface area contributed by atoms with Crippen molar-refractivity contribution in [3.05, 3.63) is 51.4 Å². The van der Waals surface area contributed by atoms with Crippen molar-refractivity contribution in [2.24, 2.45) is 0 Å². The third-order valence-electron chi connectivity index (χ3n) is 3.07. The van der Waals surface area contributed by atoms with E-state index in [-0.39, 0.29) is 5.56 Å². The van der Waals surface area contributed by atoms with Crippen LogP contribution in [0.5, 0.6) is 0 Å². The topological polar surface area (TPSA) is 47.0 Å². The first-order chi connectivity index (χ1) is 8.25. The molecule has 88 valence electrons. The minimum absolute atomic E-state index is 0.00491. The van der Waals surface area contributed by atoms with Gasteiger partial charge in [0.2, 0.25) is 0 Å². The van der Waals surface area contributed by atoms with E-state index in [9.17, 15) is 4.79 Å². The Bertz CT molecular complexity index is 610. The lowest BCUT2D eigenvalue weighted by atomic mass is 10.2. The fourth-order valence-electron chi connectivity index (χ4n) is 2.17. The molecule has 0 fully saturated rings. The third kappa shape index (κ3) is 1.70. The average molecular weight is 230 g/mol. The van der Waals surface area contributed by atoms with Gasteiger partial charge in [0, 0.05) is 12.1 Å². The summed E-state index contributed by atoms with van der Waals surface area (Å²) in [6.07, 6.45) is 0.781. The summed E-state index contributed by atoms with van der Waals surface area (Å²) in [5.41, 5.74) is 3.79. The highest BCUT2D eigenvalue weighted by Crippen LogP contribution is 2.14. The summed E-state index contributed by atoms with van der Waals surface area (Å²) >= 11 is 0. The number of aromatic nitrogens is 2. The lowest BCUT2D eigenvalue weighted by Crippen LogP contribution is -2.19. The summed E-state index contributed by atoms with van der Waals surface area (Å²) in [7, 11) is 0. The van der Waals surface area contributed by atoms with Crippen molar-refractivity contribution in [1.82, 2.24) is 9.78 Å². The van der Waals surface area contributed by atoms with Gasteiger partial charge in [-0.1, -0.05) is 12.1 Å². The molecule has 0 saturated heterocycles. The Labute approximate surface area is 98.8 Å². The van der Waals surface area contributed by atoms with Crippen molar-refractivity contribution in [2.75, 3.05) is 6.61 Å². The smallest absolute Gasteiger partial charge is 0.277 e. The van der Waals surface area contributed by atoms with Crippen LogP contribution in [0, 0.1) is 6.92 Å². The minimum atomic E-state index is 0.00491. The molecule has 1 aliphatic rings. The number of aromatic amines is 1. The number of fused-ring (bicyclic) bond motifs is 1. The van der Waals surface area contributed by atoms with Gasteiger partial charge in [-0.15, -0.1) is 0 Å². The molecule has 0 atom stereocenters. The van der Waals surface area contributed by atoms with E-state index < -0.39 is 0 Å². The quantitative estimate of drug-likeness (QED) is 0.808. The van der Waals surface area contributed by atoms with Gasteiger partial charge in [0.25, 0.3) is 5.56 Å². The second kappa shape index (κ2) is 3.89. The average Bonchev–Trinajstić information content (AvgIpc) is 2.68. The summed E-state index contributed by atoms with van der Waals surface area (Å²) in [4.78, 5) is 12.2. The monoisotopic (exact) mass is 230 g/mol. The van der Waals surface area contributed by atoms with Gasteiger partial charge >= 0.3 is 0 Å². The van der Waals surface area contributed by atoms with Crippen LogP contribution in [0.2, 0.25) is 0 Å². The number of hydrogen-bond acceptors (Lipinski definition) is 2. The molecule has 0 aliphatic carbocycles. The lowest BCUT2D eigenvalue weighted by Gasteiger charge is -2.08. The molecule has 1 N–H and O–H groups in total. The number of benzene rings is 1. The highest BCUT2D eigenvalue weighted by atomic mass is 16.5. The van der Waals surface area contributed by atoms with Crippen molar-refractivity contribution in [1.29, 1.82) is 0 Å². The van der Waals surface area contributed by atoms with Crippen LogP contribution in [0.25, 0.3) is 5.69 Å². The highest BCUT2D eigenvalue weighted by molar-refractivity contribution is 5.36. The van der Waals surface area contributed by atoms with Crippen molar-refractivity contribution in [2.45, 2.75) is 20.0 Å². The van der Waals surface area contributed by atoms with Crippen LogP contribution in [-0.2, 0) is 17.8 Å². The summed E-state index contributed by atoms with van der Waals surface area (Å²) in [5.74, 6) is 0. The molecule has 17 heavy (non-hydrogen) atoms. The number of nitrogens with one attached hydrogen (secondary N) is 1. The number of aryl methyl sites for hydroxylation is 1. The predicted octanol–water partition coefficient (Wildman–Crippen LogP) is 1.55. The van der Waals surface area contributed by atoms with Crippen LogP contribution in [0.4, 0.5) is 0 Å². The third-order valence-corrected chi connectivity index (χ3v) is 3.07. The van der Waals surface area contributed by atoms with Gasteiger partial charge in [-0.25, -0.2) is 4.68 Å². The maximum Gasteiger partial charge on any atom is 0.277 e. The van der Waals surface area contributed by atoms with Crippen molar-refractivity contribution >= 4 is 0 Å². The number of H-pyrrole nitrogens is 1. The minimum Gasteiger partial charge on any atom is -0.376 e. The van der Waals surface area contributed by atoms with Gasteiger partial charge < -0.3 is 4.74 Å². The highest BCUT2D eigenvalue weighted by Gasteiger charge is 2.18. The fraction of sp³-hybridized carbons (Fsp3) is 0.308. The molecular weight excluding hydrogens is 216 g/mol. The van der Waals surface area contributed by atoms with Crippen molar-refractivity contribution < 1.29 is 4.74 Å². The number of rotatable bonds is 1. The van der Waals surface area contributed by atoms with Gasteiger partial charge in [-0.3, -0.25) is 9.89 Å². The maximum atomic E-state index is 12.2. The summed E-state index contributed by atoms with van der Waals surface area (Å²) in [6, 6.07) is 7.88. The molecule has 0 unspecified atom stereocenters. The molecule has 2 heterocycles. The van der Waals surface area contributed by atoms with E-state index in [2.05, 4.69) is 5.10 Å². The Kier molecular flexibility index (Phi) is 2.37. The molecule has 1 aromatic carbocycles. The Morgan fingerprint density at radius 3 is 3.06 bits per heavy atom. The predicted molar refractivity (Wildman–Crippen MR) is 64.5 cm³/mol. The number of nitrogens with zero attached hydrogens (tertiary/aromatic N) is 1. The molecule has 1 aromatic heterocycles. The Morgan fingerprint density at radius 2 is 2.29 bits per heavy atom. The SMILES string of the molecule is Cc1cccc(-n2[nH]c3c(c2=O)COCC3)c1. The van der Waals surface area contributed by atoms with Crippen LogP contribution >= 0.6 is 0 Å². The largest absolute Gasteiger partial charge is 0.376 e. The second-order valence-electron chi connectivity index (χ2n) is 4.35. The fourth-order valence-corrected chi connectivity index (χ4v) is 2.17. The Balaban J connectivity index is 2.16. The molecule has 2 aromatic rings. The Hall–Kier alpha value is -1.81. The maximum absolute atomic E-state index is 12.2. The van der Waals surface area contributed by atoms with Gasteiger partial charge in [0.05, 0.1) is 24.5 Å². The van der Waals surface area contributed by atoms with E-state index in [1.807, 2.05) is 31.2 Å². The van der Waals surface area contributed by atoms with Crippen LogP contribution in [0.1, 0.15) is 16.8 Å². The normalized spacial score (nSPS) is 14.6. The second-order valence-corrected chi connectivity index (χ2v) is 4.35. The number of hydrogen-bond donors (Lipinski definition) is 1. The molecule has 3 rings (SSSR count). The first-order valence-electron chi connectivity index (χ1n) is 5.73. The molecule has 4 nitrogen and oxygen atoms in total. The standard InChI is InChI=1S/C13H14N2O2/c1-9-3-2-4-10(7-9)15-13(16)11-8-17-6-5-12(11)14-15/h2-4,7,14H,5-6,8H2,1H3. The number of ether oxygens (including phenoxy) is 1. The zero-order valence-electron chi connectivity index (χ0n) is 9.69. The van der Waals surface area contributed by atoms with E-state index in [0.717, 1.165) is 28.9 Å². The van der Waals surface area contributed by atoms with Gasteiger partial charge in [-0.05, 0) is 24.6 Å². The lowest BCUT2D eigenvalue weighted by molar-refractivity contribution is 0.109. The summed E-state index contributed by atoms with van der Waals surface area (Å²) < 4.78 is 6.92. The Morgan fingerprint density at radius 1 is 1.41 bits per heavy atom. The van der Waals surface area contributed by atoms with Crippen molar-refractivity contribution in [3.8, 4) is 5.69 Å². The van der Waals surface area contributed by atoms with E-state index in [1.54, 1.807) is 4.68 Å². The van der Waals surface area contributed by atoms with Gasteiger partial charge in [0.1, 0.15) is 0 Å². The molecule has 4 heteroatoms. The molecule has 1 aliphatic heterocycles. The van der Waals surface area contributed by atoms with Gasteiger partial charge in [0.15, 0.2) is 0 Å². The zero-order valence-corrected chi connectivity index (χ0v) is 9.69. The first kappa shape index (κ1) is 10.4. The van der Waals surface area contributed by atoms with E-state index in [0.29, 0.717) is 13.2 Å². The van der Waals surface area contributed by atoms with E-state index in [4.69, 9.17) is 4.74 Å². The summed E-state index contributed by atoms with van der Waals surface area (Å²) in [5, 5.41) is 3.17. The van der Waals surface area contributed by atoms with Gasteiger partial charge in [-0.2, -0.15) is 0 Å².